The van der Waals surface area contributed by atoms with E-state index in [1.54, 1.807) is 31.2 Å². The van der Waals surface area contributed by atoms with Crippen LogP contribution in [-0.2, 0) is 16.1 Å². The highest BCUT2D eigenvalue weighted by atomic mass is 16.5. The number of carbonyl (C=O) groups excluding carboxylic acids is 1. The first-order valence-corrected chi connectivity index (χ1v) is 6.48. The van der Waals surface area contributed by atoms with E-state index in [-0.39, 0.29) is 6.61 Å². The van der Waals surface area contributed by atoms with Crippen molar-refractivity contribution in [3.8, 4) is 11.5 Å². The molecule has 0 aliphatic rings. The van der Waals surface area contributed by atoms with E-state index in [4.69, 9.17) is 14.0 Å². The summed E-state index contributed by atoms with van der Waals surface area (Å²) < 4.78 is 20.4. The third-order valence-corrected chi connectivity index (χ3v) is 2.72. The molecule has 22 heavy (non-hydrogen) atoms. The van der Waals surface area contributed by atoms with Crippen molar-refractivity contribution in [1.29, 1.82) is 0 Å². The molecule has 0 fully saturated rings. The first-order valence-electron chi connectivity index (χ1n) is 6.48. The average molecular weight is 304 g/mol. The molecule has 1 aromatic carbocycles. The Balaban J connectivity index is 2.08. The molecule has 7 heteroatoms. The van der Waals surface area contributed by atoms with Gasteiger partial charge in [0.25, 0.3) is 5.89 Å². The Kier molecular flexibility index (Phi) is 5.13. The molecule has 0 radical (unpaired) electrons. The Labute approximate surface area is 127 Å². The third-order valence-electron chi connectivity index (χ3n) is 2.72. The summed E-state index contributed by atoms with van der Waals surface area (Å²) in [5.41, 5.74) is 0.781. The van der Waals surface area contributed by atoms with E-state index < -0.39 is 5.97 Å². The lowest BCUT2D eigenvalue weighted by atomic mass is 10.2. The molecule has 0 N–H and O–H groups in total. The van der Waals surface area contributed by atoms with Gasteiger partial charge in [0, 0.05) is 6.08 Å². The van der Waals surface area contributed by atoms with Crippen molar-refractivity contribution in [2.24, 2.45) is 0 Å². The fourth-order valence-electron chi connectivity index (χ4n) is 1.68. The lowest BCUT2D eigenvalue weighted by Gasteiger charge is -2.09. The van der Waals surface area contributed by atoms with Gasteiger partial charge in [-0.3, -0.25) is 0 Å². The topological polar surface area (TPSA) is 83.7 Å². The molecule has 0 unspecified atom stereocenters. The van der Waals surface area contributed by atoms with Crippen molar-refractivity contribution in [3.63, 3.8) is 0 Å². The lowest BCUT2D eigenvalue weighted by Crippen LogP contribution is -1.98. The van der Waals surface area contributed by atoms with Crippen molar-refractivity contribution in [2.75, 3.05) is 14.2 Å². The smallest absolute Gasteiger partial charge is 0.330 e. The van der Waals surface area contributed by atoms with Crippen molar-refractivity contribution >= 4 is 12.0 Å². The molecule has 1 aromatic heterocycles. The normalized spacial score (nSPS) is 10.7. The van der Waals surface area contributed by atoms with Crippen LogP contribution < -0.4 is 9.47 Å². The van der Waals surface area contributed by atoms with E-state index in [0.717, 1.165) is 5.56 Å². The first kappa shape index (κ1) is 15.6. The zero-order valence-electron chi connectivity index (χ0n) is 12.5. The minimum Gasteiger partial charge on any atom is -0.493 e. The summed E-state index contributed by atoms with van der Waals surface area (Å²) in [6.07, 6.45) is 2.95. The number of benzene rings is 1. The van der Waals surface area contributed by atoms with Gasteiger partial charge in [-0.25, -0.2) is 4.79 Å². The molecule has 0 aliphatic carbocycles. The Bertz CT molecular complexity index is 678. The number of esters is 1. The van der Waals surface area contributed by atoms with E-state index in [2.05, 4.69) is 14.9 Å². The van der Waals surface area contributed by atoms with Crippen LogP contribution in [0.4, 0.5) is 0 Å². The standard InChI is InChI=1S/C15H16N2O5/c1-10-16-14(22-17-10)9-21-12-6-4-11(8-13(12)19-2)5-7-15(18)20-3/h4-8H,9H2,1-3H3/b7-5+. The molecule has 0 atom stereocenters. The number of ether oxygens (including phenoxy) is 3. The number of aryl methyl sites for hydroxylation is 1. The number of aromatic nitrogens is 2. The maximum atomic E-state index is 11.1. The summed E-state index contributed by atoms with van der Waals surface area (Å²) in [6, 6.07) is 5.27. The zero-order valence-corrected chi connectivity index (χ0v) is 12.5. The molecule has 0 saturated heterocycles. The molecular formula is C15H16N2O5. The highest BCUT2D eigenvalue weighted by Gasteiger charge is 2.08. The van der Waals surface area contributed by atoms with Crippen LogP contribution in [0.5, 0.6) is 11.5 Å². The summed E-state index contributed by atoms with van der Waals surface area (Å²) >= 11 is 0. The fraction of sp³-hybridized carbons (Fsp3) is 0.267. The second-order valence-electron chi connectivity index (χ2n) is 4.29. The Morgan fingerprint density at radius 3 is 2.77 bits per heavy atom. The molecule has 0 aliphatic heterocycles. The van der Waals surface area contributed by atoms with Gasteiger partial charge in [-0.2, -0.15) is 4.98 Å². The maximum Gasteiger partial charge on any atom is 0.330 e. The minimum absolute atomic E-state index is 0.147. The Hall–Kier alpha value is -2.83. The van der Waals surface area contributed by atoms with Crippen LogP contribution in [0.3, 0.4) is 0 Å². The van der Waals surface area contributed by atoms with Gasteiger partial charge in [-0.15, -0.1) is 0 Å². The van der Waals surface area contributed by atoms with Crippen LogP contribution in [0.1, 0.15) is 17.3 Å². The van der Waals surface area contributed by atoms with Gasteiger partial charge in [-0.05, 0) is 30.7 Å². The number of methoxy groups -OCH3 is 2. The van der Waals surface area contributed by atoms with E-state index in [9.17, 15) is 4.79 Å². The third kappa shape index (κ3) is 4.08. The van der Waals surface area contributed by atoms with Gasteiger partial charge in [0.1, 0.15) is 0 Å². The predicted octanol–water partition coefficient (Wildman–Crippen LogP) is 2.15. The molecule has 2 rings (SSSR count). The number of hydrogen-bond donors (Lipinski definition) is 0. The lowest BCUT2D eigenvalue weighted by molar-refractivity contribution is -0.134. The fourth-order valence-corrected chi connectivity index (χ4v) is 1.68. The average Bonchev–Trinajstić information content (AvgIpc) is 2.96. The monoisotopic (exact) mass is 304 g/mol. The summed E-state index contributed by atoms with van der Waals surface area (Å²) in [5, 5.41) is 3.68. The summed E-state index contributed by atoms with van der Waals surface area (Å²) in [6.45, 7) is 1.88. The van der Waals surface area contributed by atoms with E-state index in [0.29, 0.717) is 23.2 Å². The quantitative estimate of drug-likeness (QED) is 0.597. The van der Waals surface area contributed by atoms with Crippen molar-refractivity contribution in [1.82, 2.24) is 10.1 Å². The molecule has 1 heterocycles. The van der Waals surface area contributed by atoms with Crippen molar-refractivity contribution in [2.45, 2.75) is 13.5 Å². The van der Waals surface area contributed by atoms with Crippen LogP contribution >= 0.6 is 0 Å². The largest absolute Gasteiger partial charge is 0.493 e. The number of nitrogens with zero attached hydrogens (tertiary/aromatic N) is 2. The van der Waals surface area contributed by atoms with Gasteiger partial charge < -0.3 is 18.7 Å². The second kappa shape index (κ2) is 7.26. The van der Waals surface area contributed by atoms with E-state index in [1.165, 1.54) is 20.3 Å². The van der Waals surface area contributed by atoms with Crippen LogP contribution in [0.25, 0.3) is 6.08 Å². The molecule has 0 amide bonds. The summed E-state index contributed by atoms with van der Waals surface area (Å²) in [7, 11) is 2.86. The number of rotatable bonds is 6. The van der Waals surface area contributed by atoms with Crippen LogP contribution in [0, 0.1) is 6.92 Å². The van der Waals surface area contributed by atoms with E-state index in [1.807, 2.05) is 0 Å². The van der Waals surface area contributed by atoms with Crippen molar-refractivity contribution < 1.29 is 23.5 Å². The zero-order chi connectivity index (χ0) is 15.9. The van der Waals surface area contributed by atoms with Crippen LogP contribution in [0.15, 0.2) is 28.8 Å². The molecule has 0 spiro atoms. The SMILES string of the molecule is COC(=O)/C=C/c1ccc(OCc2nc(C)no2)c(OC)c1. The van der Waals surface area contributed by atoms with Gasteiger partial charge in [-0.1, -0.05) is 11.2 Å². The van der Waals surface area contributed by atoms with Gasteiger partial charge in [0.2, 0.25) is 0 Å². The molecule has 0 bridgehead atoms. The van der Waals surface area contributed by atoms with Crippen LogP contribution in [-0.4, -0.2) is 30.3 Å². The Morgan fingerprint density at radius 2 is 2.14 bits per heavy atom. The first-order chi connectivity index (χ1) is 10.6. The second-order valence-corrected chi connectivity index (χ2v) is 4.29. The molecule has 2 aromatic rings. The summed E-state index contributed by atoms with van der Waals surface area (Å²) in [4.78, 5) is 15.1. The molecular weight excluding hydrogens is 288 g/mol. The number of carbonyl (C=O) groups is 1. The Morgan fingerprint density at radius 1 is 1.32 bits per heavy atom. The predicted molar refractivity (Wildman–Crippen MR) is 77.4 cm³/mol. The van der Waals surface area contributed by atoms with Crippen LogP contribution in [0.2, 0.25) is 0 Å². The van der Waals surface area contributed by atoms with Gasteiger partial charge >= 0.3 is 5.97 Å². The highest BCUT2D eigenvalue weighted by Crippen LogP contribution is 2.29. The minimum atomic E-state index is -0.425. The number of hydrogen-bond acceptors (Lipinski definition) is 7. The van der Waals surface area contributed by atoms with E-state index >= 15 is 0 Å². The highest BCUT2D eigenvalue weighted by molar-refractivity contribution is 5.87. The molecule has 0 saturated carbocycles. The van der Waals surface area contributed by atoms with Gasteiger partial charge in [0.15, 0.2) is 23.9 Å². The maximum absolute atomic E-state index is 11.1. The molecule has 7 nitrogen and oxygen atoms in total. The molecule has 116 valence electrons. The van der Waals surface area contributed by atoms with Gasteiger partial charge in [0.05, 0.1) is 14.2 Å². The van der Waals surface area contributed by atoms with Crippen molar-refractivity contribution in [3.05, 3.63) is 41.6 Å². The summed E-state index contributed by atoms with van der Waals surface area (Å²) in [5.74, 6) is 1.57.